The third-order valence-electron chi connectivity index (χ3n) is 2.84. The van der Waals surface area contributed by atoms with Gasteiger partial charge in [-0.15, -0.1) is 0 Å². The van der Waals surface area contributed by atoms with E-state index in [1.165, 1.54) is 12.8 Å². The first-order valence-electron chi connectivity index (χ1n) is 5.18. The molecule has 3 unspecified atom stereocenters. The molecule has 1 saturated carbocycles. The summed E-state index contributed by atoms with van der Waals surface area (Å²) in [4.78, 5) is 0. The molecule has 13 heavy (non-hydrogen) atoms. The van der Waals surface area contributed by atoms with E-state index in [1.54, 1.807) is 0 Å². The number of thioether (sulfide) groups is 1. The first-order valence-corrected chi connectivity index (χ1v) is 6.47. The Kier molecular flexibility index (Phi) is 5.14. The van der Waals surface area contributed by atoms with Crippen LogP contribution in [-0.4, -0.2) is 35.3 Å². The molecule has 1 fully saturated rings. The summed E-state index contributed by atoms with van der Waals surface area (Å²) in [6.07, 6.45) is 6.56. The maximum absolute atomic E-state index is 9.54. The summed E-state index contributed by atoms with van der Waals surface area (Å²) in [5, 5.41) is 13.7. The van der Waals surface area contributed by atoms with Crippen LogP contribution in [0.2, 0.25) is 0 Å². The van der Waals surface area contributed by atoms with E-state index < -0.39 is 0 Å². The van der Waals surface area contributed by atoms with Crippen LogP contribution in [0.4, 0.5) is 0 Å². The van der Waals surface area contributed by atoms with Gasteiger partial charge in [-0.05, 0) is 38.5 Å². The van der Waals surface area contributed by atoms with E-state index >= 15 is 0 Å². The lowest BCUT2D eigenvalue weighted by molar-refractivity contribution is 0.149. The number of nitrogens with one attached hydrogen (secondary N) is 1. The van der Waals surface area contributed by atoms with Crippen molar-refractivity contribution in [3.63, 3.8) is 0 Å². The Morgan fingerprint density at radius 2 is 2.31 bits per heavy atom. The van der Waals surface area contributed by atoms with E-state index in [4.69, 9.17) is 0 Å². The Bertz CT molecular complexity index is 143. The smallest absolute Gasteiger partial charge is 0.0693 e. The SMILES string of the molecule is CSC(C)CCNC1CCCC1O. The van der Waals surface area contributed by atoms with Crippen molar-refractivity contribution < 1.29 is 5.11 Å². The summed E-state index contributed by atoms with van der Waals surface area (Å²) in [6, 6.07) is 0.369. The molecule has 1 rings (SSSR count). The molecule has 3 atom stereocenters. The molecule has 2 nitrogen and oxygen atoms in total. The second kappa shape index (κ2) is 5.89. The van der Waals surface area contributed by atoms with Gasteiger partial charge in [0.2, 0.25) is 0 Å². The average Bonchev–Trinajstić information content (AvgIpc) is 2.52. The lowest BCUT2D eigenvalue weighted by atomic mass is 10.2. The van der Waals surface area contributed by atoms with Crippen LogP contribution in [0.25, 0.3) is 0 Å². The first kappa shape index (κ1) is 11.3. The molecule has 0 amide bonds. The molecule has 0 saturated heterocycles. The van der Waals surface area contributed by atoms with Crippen LogP contribution >= 0.6 is 11.8 Å². The molecule has 0 aromatic rings. The molecular formula is C10H21NOS. The van der Waals surface area contributed by atoms with Gasteiger partial charge in [0, 0.05) is 11.3 Å². The lowest BCUT2D eigenvalue weighted by Crippen LogP contribution is -2.36. The largest absolute Gasteiger partial charge is 0.392 e. The molecule has 1 aliphatic carbocycles. The number of hydrogen-bond donors (Lipinski definition) is 2. The predicted molar refractivity (Wildman–Crippen MR) is 59.2 cm³/mol. The molecule has 0 heterocycles. The van der Waals surface area contributed by atoms with E-state index in [9.17, 15) is 5.11 Å². The maximum Gasteiger partial charge on any atom is 0.0693 e. The molecule has 0 bridgehead atoms. The van der Waals surface area contributed by atoms with Gasteiger partial charge in [0.05, 0.1) is 6.10 Å². The molecular weight excluding hydrogens is 182 g/mol. The zero-order valence-electron chi connectivity index (χ0n) is 8.62. The molecule has 3 heteroatoms. The Hall–Kier alpha value is 0.270. The third-order valence-corrected chi connectivity index (χ3v) is 3.88. The van der Waals surface area contributed by atoms with Crippen LogP contribution in [0.1, 0.15) is 32.6 Å². The van der Waals surface area contributed by atoms with Crippen LogP contribution in [0.5, 0.6) is 0 Å². The Labute approximate surface area is 85.5 Å². The molecule has 0 aromatic carbocycles. The van der Waals surface area contributed by atoms with Crippen LogP contribution in [0, 0.1) is 0 Å². The zero-order valence-corrected chi connectivity index (χ0v) is 9.44. The van der Waals surface area contributed by atoms with Crippen molar-refractivity contribution in [1.29, 1.82) is 0 Å². The van der Waals surface area contributed by atoms with Gasteiger partial charge in [-0.3, -0.25) is 0 Å². The van der Waals surface area contributed by atoms with Crippen molar-refractivity contribution in [3.8, 4) is 0 Å². The van der Waals surface area contributed by atoms with E-state index in [1.807, 2.05) is 11.8 Å². The van der Waals surface area contributed by atoms with Gasteiger partial charge in [0.25, 0.3) is 0 Å². The summed E-state index contributed by atoms with van der Waals surface area (Å²) in [7, 11) is 0. The lowest BCUT2D eigenvalue weighted by Gasteiger charge is -2.17. The van der Waals surface area contributed by atoms with Crippen molar-refractivity contribution in [2.45, 2.75) is 50.0 Å². The van der Waals surface area contributed by atoms with E-state index in [2.05, 4.69) is 18.5 Å². The number of hydrogen-bond acceptors (Lipinski definition) is 3. The topological polar surface area (TPSA) is 32.3 Å². The Morgan fingerprint density at radius 1 is 1.54 bits per heavy atom. The summed E-state index contributed by atoms with van der Waals surface area (Å²) in [6.45, 7) is 3.29. The standard InChI is InChI=1S/C10H21NOS/c1-8(13-2)6-7-11-9-4-3-5-10(9)12/h8-12H,3-7H2,1-2H3. The number of aliphatic hydroxyl groups is 1. The fourth-order valence-electron chi connectivity index (χ4n) is 1.77. The molecule has 0 aliphatic heterocycles. The second-order valence-electron chi connectivity index (χ2n) is 3.89. The third kappa shape index (κ3) is 3.88. The van der Waals surface area contributed by atoms with E-state index in [-0.39, 0.29) is 6.10 Å². The Morgan fingerprint density at radius 3 is 2.85 bits per heavy atom. The highest BCUT2D eigenvalue weighted by Crippen LogP contribution is 2.19. The quantitative estimate of drug-likeness (QED) is 0.712. The van der Waals surface area contributed by atoms with Gasteiger partial charge >= 0.3 is 0 Å². The molecule has 2 N–H and O–H groups in total. The number of aliphatic hydroxyl groups excluding tert-OH is 1. The zero-order chi connectivity index (χ0) is 9.68. The van der Waals surface area contributed by atoms with Crippen molar-refractivity contribution in [3.05, 3.63) is 0 Å². The van der Waals surface area contributed by atoms with Gasteiger partial charge in [-0.1, -0.05) is 6.92 Å². The average molecular weight is 203 g/mol. The normalized spacial score (nSPS) is 30.7. The van der Waals surface area contributed by atoms with Crippen LogP contribution in [-0.2, 0) is 0 Å². The summed E-state index contributed by atoms with van der Waals surface area (Å²) in [5.41, 5.74) is 0. The summed E-state index contributed by atoms with van der Waals surface area (Å²) < 4.78 is 0. The molecule has 0 aromatic heterocycles. The van der Waals surface area contributed by atoms with Crippen LogP contribution < -0.4 is 5.32 Å². The van der Waals surface area contributed by atoms with Crippen molar-refractivity contribution in [1.82, 2.24) is 5.32 Å². The summed E-state index contributed by atoms with van der Waals surface area (Å²) >= 11 is 1.91. The highest BCUT2D eigenvalue weighted by atomic mass is 32.2. The number of rotatable bonds is 5. The van der Waals surface area contributed by atoms with Gasteiger partial charge in [0.15, 0.2) is 0 Å². The minimum atomic E-state index is -0.0930. The summed E-state index contributed by atoms with van der Waals surface area (Å²) in [5.74, 6) is 0. The van der Waals surface area contributed by atoms with Crippen LogP contribution in [0.3, 0.4) is 0 Å². The van der Waals surface area contributed by atoms with Crippen molar-refractivity contribution in [2.24, 2.45) is 0 Å². The van der Waals surface area contributed by atoms with Crippen molar-refractivity contribution in [2.75, 3.05) is 12.8 Å². The molecule has 0 radical (unpaired) electrons. The van der Waals surface area contributed by atoms with Gasteiger partial charge < -0.3 is 10.4 Å². The maximum atomic E-state index is 9.54. The van der Waals surface area contributed by atoms with Gasteiger partial charge in [0.1, 0.15) is 0 Å². The minimum Gasteiger partial charge on any atom is -0.392 e. The van der Waals surface area contributed by atoms with Gasteiger partial charge in [-0.25, -0.2) is 0 Å². The highest BCUT2D eigenvalue weighted by molar-refractivity contribution is 7.99. The monoisotopic (exact) mass is 203 g/mol. The predicted octanol–water partition coefficient (Wildman–Crippen LogP) is 1.63. The minimum absolute atomic E-state index is 0.0930. The van der Waals surface area contributed by atoms with E-state index in [0.717, 1.165) is 24.6 Å². The fraction of sp³-hybridized carbons (Fsp3) is 1.00. The van der Waals surface area contributed by atoms with Crippen LogP contribution in [0.15, 0.2) is 0 Å². The van der Waals surface area contributed by atoms with E-state index in [0.29, 0.717) is 6.04 Å². The second-order valence-corrected chi connectivity index (χ2v) is 5.17. The first-order chi connectivity index (χ1) is 6.24. The molecule has 0 spiro atoms. The van der Waals surface area contributed by atoms with Gasteiger partial charge in [-0.2, -0.15) is 11.8 Å². The molecule has 78 valence electrons. The molecule has 1 aliphatic rings. The fourth-order valence-corrected chi connectivity index (χ4v) is 2.12. The Balaban J connectivity index is 2.05. The highest BCUT2D eigenvalue weighted by Gasteiger charge is 2.24. The van der Waals surface area contributed by atoms with Crippen molar-refractivity contribution >= 4 is 11.8 Å².